The predicted molar refractivity (Wildman–Crippen MR) is 68.7 cm³/mol. The zero-order valence-electron chi connectivity index (χ0n) is 10.6. The fourth-order valence-electron chi connectivity index (χ4n) is 2.11. The van der Waals surface area contributed by atoms with Crippen LogP contribution in [0, 0.1) is 18.8 Å². The second-order valence-corrected chi connectivity index (χ2v) is 4.92. The molecule has 1 fully saturated rings. The normalized spacial score (nSPS) is 16.1. The number of anilines is 1. The molecule has 1 unspecified atom stereocenters. The highest BCUT2D eigenvalue weighted by atomic mass is 16.4. The van der Waals surface area contributed by atoms with E-state index < -0.39 is 5.97 Å². The molecule has 0 radical (unpaired) electrons. The molecule has 1 aliphatic carbocycles. The van der Waals surface area contributed by atoms with Gasteiger partial charge in [-0.1, -0.05) is 19.1 Å². The first-order chi connectivity index (χ1) is 8.50. The number of amides is 1. The summed E-state index contributed by atoms with van der Waals surface area (Å²) in [6.07, 6.45) is 2.18. The van der Waals surface area contributed by atoms with Crippen LogP contribution in [0.3, 0.4) is 0 Å². The number of benzene rings is 1. The lowest BCUT2D eigenvalue weighted by atomic mass is 10.0. The van der Waals surface area contributed by atoms with Gasteiger partial charge in [-0.2, -0.15) is 0 Å². The molecule has 4 heteroatoms. The number of hydrogen-bond acceptors (Lipinski definition) is 2. The third-order valence-corrected chi connectivity index (χ3v) is 3.49. The Balaban J connectivity index is 2.20. The Hall–Kier alpha value is -1.84. The van der Waals surface area contributed by atoms with Gasteiger partial charge in [0.1, 0.15) is 0 Å². The van der Waals surface area contributed by atoms with Crippen LogP contribution >= 0.6 is 0 Å². The SMILES string of the molecule is Cc1cccc(NC(=O)C(C)C2CC2)c1C(=O)O. The van der Waals surface area contributed by atoms with E-state index in [1.54, 1.807) is 25.1 Å². The van der Waals surface area contributed by atoms with Gasteiger partial charge in [0.15, 0.2) is 0 Å². The van der Waals surface area contributed by atoms with Crippen LogP contribution in [0.1, 0.15) is 35.7 Å². The lowest BCUT2D eigenvalue weighted by Gasteiger charge is -2.14. The summed E-state index contributed by atoms with van der Waals surface area (Å²) in [7, 11) is 0. The van der Waals surface area contributed by atoms with Crippen molar-refractivity contribution in [3.05, 3.63) is 29.3 Å². The zero-order chi connectivity index (χ0) is 13.3. The number of carboxylic acid groups (broad SMARTS) is 1. The monoisotopic (exact) mass is 247 g/mol. The number of carbonyl (C=O) groups excluding carboxylic acids is 1. The van der Waals surface area contributed by atoms with Crippen LogP contribution in [0.5, 0.6) is 0 Å². The van der Waals surface area contributed by atoms with Crippen molar-refractivity contribution in [1.29, 1.82) is 0 Å². The Morgan fingerprint density at radius 3 is 2.61 bits per heavy atom. The van der Waals surface area contributed by atoms with E-state index >= 15 is 0 Å². The predicted octanol–water partition coefficient (Wildman–Crippen LogP) is 2.68. The van der Waals surface area contributed by atoms with Crippen LogP contribution < -0.4 is 5.32 Å². The molecule has 0 spiro atoms. The third kappa shape index (κ3) is 2.53. The number of carbonyl (C=O) groups is 2. The summed E-state index contributed by atoms with van der Waals surface area (Å²) in [5.41, 5.74) is 1.22. The van der Waals surface area contributed by atoms with E-state index in [9.17, 15) is 9.59 Å². The molecular weight excluding hydrogens is 230 g/mol. The third-order valence-electron chi connectivity index (χ3n) is 3.49. The minimum atomic E-state index is -1.01. The van der Waals surface area contributed by atoms with Crippen molar-refractivity contribution >= 4 is 17.6 Å². The maximum Gasteiger partial charge on any atom is 0.338 e. The van der Waals surface area contributed by atoms with Crippen LogP contribution in [0.4, 0.5) is 5.69 Å². The molecule has 0 aromatic heterocycles. The molecule has 1 amide bonds. The van der Waals surface area contributed by atoms with Gasteiger partial charge in [0.2, 0.25) is 5.91 Å². The molecule has 0 aliphatic heterocycles. The Bertz CT molecular complexity index is 492. The smallest absolute Gasteiger partial charge is 0.338 e. The van der Waals surface area contributed by atoms with Gasteiger partial charge in [-0.25, -0.2) is 4.79 Å². The molecule has 1 aliphatic rings. The average Bonchev–Trinajstić information content (AvgIpc) is 3.11. The molecule has 0 saturated heterocycles. The number of hydrogen-bond donors (Lipinski definition) is 2. The van der Waals surface area contributed by atoms with E-state index in [0.29, 0.717) is 17.2 Å². The van der Waals surface area contributed by atoms with Gasteiger partial charge in [0, 0.05) is 5.92 Å². The van der Waals surface area contributed by atoms with E-state index in [2.05, 4.69) is 5.32 Å². The summed E-state index contributed by atoms with van der Waals surface area (Å²) in [5, 5.41) is 11.9. The van der Waals surface area contributed by atoms with Gasteiger partial charge in [-0.05, 0) is 37.3 Å². The minimum absolute atomic E-state index is 0.0489. The summed E-state index contributed by atoms with van der Waals surface area (Å²) >= 11 is 0. The molecule has 96 valence electrons. The topological polar surface area (TPSA) is 66.4 Å². The van der Waals surface area contributed by atoms with Gasteiger partial charge < -0.3 is 10.4 Å². The van der Waals surface area contributed by atoms with Gasteiger partial charge in [-0.15, -0.1) is 0 Å². The maximum absolute atomic E-state index is 12.0. The highest BCUT2D eigenvalue weighted by Crippen LogP contribution is 2.37. The molecule has 1 aromatic carbocycles. The van der Waals surface area contributed by atoms with Gasteiger partial charge in [0.25, 0.3) is 0 Å². The fourth-order valence-corrected chi connectivity index (χ4v) is 2.11. The quantitative estimate of drug-likeness (QED) is 0.859. The first-order valence-electron chi connectivity index (χ1n) is 6.14. The van der Waals surface area contributed by atoms with Crippen molar-refractivity contribution in [2.75, 3.05) is 5.32 Å². The van der Waals surface area contributed by atoms with Crippen molar-refractivity contribution in [1.82, 2.24) is 0 Å². The van der Waals surface area contributed by atoms with Gasteiger partial charge in [0.05, 0.1) is 11.3 Å². The Labute approximate surface area is 106 Å². The van der Waals surface area contributed by atoms with E-state index in [0.717, 1.165) is 12.8 Å². The second kappa shape index (κ2) is 4.80. The highest BCUT2D eigenvalue weighted by molar-refractivity contribution is 6.02. The lowest BCUT2D eigenvalue weighted by molar-refractivity contribution is -0.119. The number of nitrogens with one attached hydrogen (secondary N) is 1. The van der Waals surface area contributed by atoms with Crippen LogP contribution in [0.2, 0.25) is 0 Å². The first kappa shape index (κ1) is 12.6. The summed E-state index contributed by atoms with van der Waals surface area (Å²) in [6, 6.07) is 5.11. The van der Waals surface area contributed by atoms with E-state index in [4.69, 9.17) is 5.11 Å². The van der Waals surface area contributed by atoms with Crippen LogP contribution in [-0.2, 0) is 4.79 Å². The van der Waals surface area contributed by atoms with E-state index in [-0.39, 0.29) is 17.4 Å². The largest absolute Gasteiger partial charge is 0.478 e. The summed E-state index contributed by atoms with van der Waals surface area (Å²) in [6.45, 7) is 3.62. The Kier molecular flexibility index (Phi) is 3.36. The highest BCUT2D eigenvalue weighted by Gasteiger charge is 2.33. The molecule has 1 saturated carbocycles. The molecule has 2 N–H and O–H groups in total. The molecule has 2 rings (SSSR count). The summed E-state index contributed by atoms with van der Waals surface area (Å²) in [4.78, 5) is 23.2. The number of aryl methyl sites for hydroxylation is 1. The molecule has 0 bridgehead atoms. The van der Waals surface area contributed by atoms with Crippen LogP contribution in [0.15, 0.2) is 18.2 Å². The van der Waals surface area contributed by atoms with Gasteiger partial charge in [-0.3, -0.25) is 4.79 Å². The Morgan fingerprint density at radius 2 is 2.06 bits per heavy atom. The van der Waals surface area contributed by atoms with Crippen molar-refractivity contribution in [2.24, 2.45) is 11.8 Å². The van der Waals surface area contributed by atoms with Crippen molar-refractivity contribution in [3.63, 3.8) is 0 Å². The minimum Gasteiger partial charge on any atom is -0.478 e. The molecule has 0 heterocycles. The fraction of sp³-hybridized carbons (Fsp3) is 0.429. The maximum atomic E-state index is 12.0. The van der Waals surface area contributed by atoms with Crippen LogP contribution in [0.25, 0.3) is 0 Å². The van der Waals surface area contributed by atoms with Crippen molar-refractivity contribution in [2.45, 2.75) is 26.7 Å². The van der Waals surface area contributed by atoms with Crippen molar-refractivity contribution in [3.8, 4) is 0 Å². The van der Waals surface area contributed by atoms with Crippen LogP contribution in [-0.4, -0.2) is 17.0 Å². The Morgan fingerprint density at radius 1 is 1.39 bits per heavy atom. The molecule has 1 atom stereocenters. The van der Waals surface area contributed by atoms with Crippen molar-refractivity contribution < 1.29 is 14.7 Å². The van der Waals surface area contributed by atoms with E-state index in [1.165, 1.54) is 0 Å². The first-order valence-corrected chi connectivity index (χ1v) is 6.14. The summed E-state index contributed by atoms with van der Waals surface area (Å²) in [5.74, 6) is -0.691. The molecule has 18 heavy (non-hydrogen) atoms. The standard InChI is InChI=1S/C14H17NO3/c1-8-4-3-5-11(12(8)14(17)18)15-13(16)9(2)10-6-7-10/h3-5,9-10H,6-7H2,1-2H3,(H,15,16)(H,17,18). The zero-order valence-corrected chi connectivity index (χ0v) is 10.6. The number of carboxylic acids is 1. The summed E-state index contributed by atoms with van der Waals surface area (Å²) < 4.78 is 0. The lowest BCUT2D eigenvalue weighted by Crippen LogP contribution is -2.23. The number of rotatable bonds is 4. The van der Waals surface area contributed by atoms with Gasteiger partial charge >= 0.3 is 5.97 Å². The molecule has 4 nitrogen and oxygen atoms in total. The average molecular weight is 247 g/mol. The second-order valence-electron chi connectivity index (χ2n) is 4.92. The molecular formula is C14H17NO3. The van der Waals surface area contributed by atoms with E-state index in [1.807, 2.05) is 6.92 Å². The molecule has 1 aromatic rings. The number of aromatic carboxylic acids is 1.